The van der Waals surface area contributed by atoms with Gasteiger partial charge in [0, 0.05) is 31.0 Å². The summed E-state index contributed by atoms with van der Waals surface area (Å²) >= 11 is 1.47. The summed E-state index contributed by atoms with van der Waals surface area (Å²) in [7, 11) is 0. The number of thiophene rings is 1. The summed E-state index contributed by atoms with van der Waals surface area (Å²) in [5, 5.41) is 0.944. The molecule has 0 saturated carbocycles. The van der Waals surface area contributed by atoms with Gasteiger partial charge in [0.2, 0.25) is 0 Å². The van der Waals surface area contributed by atoms with Crippen LogP contribution in [0.4, 0.5) is 0 Å². The molecule has 0 N–H and O–H groups in total. The molecule has 0 atom stereocenters. The average Bonchev–Trinajstić information content (AvgIpc) is 3.34. The van der Waals surface area contributed by atoms with E-state index in [9.17, 15) is 4.79 Å². The molecule has 0 bridgehead atoms. The number of rotatable bonds is 2. The predicted molar refractivity (Wildman–Crippen MR) is 104 cm³/mol. The zero-order chi connectivity index (χ0) is 17.5. The summed E-state index contributed by atoms with van der Waals surface area (Å²) in [6, 6.07) is 12.0. The molecule has 4 aromatic rings. The molecule has 5 rings (SSSR count). The number of piperidine rings is 1. The van der Waals surface area contributed by atoms with E-state index in [0.29, 0.717) is 0 Å². The Morgan fingerprint density at radius 1 is 1.08 bits per heavy atom. The third kappa shape index (κ3) is 2.49. The fourth-order valence-electron chi connectivity index (χ4n) is 3.60. The first kappa shape index (κ1) is 15.5. The number of benzene rings is 1. The predicted octanol–water partition coefficient (Wildman–Crippen LogP) is 4.24. The van der Waals surface area contributed by atoms with E-state index in [-0.39, 0.29) is 5.91 Å². The number of imidazole rings is 1. The molecule has 0 unspecified atom stereocenters. The van der Waals surface area contributed by atoms with Crippen LogP contribution in [0.25, 0.3) is 27.3 Å². The number of hydrogen-bond donors (Lipinski definition) is 0. The Balaban J connectivity index is 1.65. The minimum atomic E-state index is 0.124. The van der Waals surface area contributed by atoms with E-state index in [0.717, 1.165) is 58.1 Å². The standard InChI is InChI=1S/C20H18N4OS/c25-20(23-10-5-2-6-11-23)16-13-15-18-21-9-12-24(18)17(22-19(15)26-16)14-7-3-1-4-8-14/h1,3-4,7-9,12-13H,2,5-6,10-11H2. The highest BCUT2D eigenvalue weighted by atomic mass is 32.1. The number of aromatic nitrogens is 3. The third-order valence-electron chi connectivity index (χ3n) is 4.92. The van der Waals surface area contributed by atoms with Gasteiger partial charge in [-0.3, -0.25) is 9.20 Å². The zero-order valence-corrected chi connectivity index (χ0v) is 15.1. The van der Waals surface area contributed by atoms with E-state index in [1.165, 1.54) is 17.8 Å². The normalized spacial score (nSPS) is 15.0. The van der Waals surface area contributed by atoms with Crippen LogP contribution in [0.2, 0.25) is 0 Å². The molecule has 0 radical (unpaired) electrons. The van der Waals surface area contributed by atoms with Gasteiger partial charge in [-0.1, -0.05) is 30.3 Å². The van der Waals surface area contributed by atoms with Crippen LogP contribution in [0.1, 0.15) is 28.9 Å². The lowest BCUT2D eigenvalue weighted by molar-refractivity contribution is 0.0729. The van der Waals surface area contributed by atoms with Crippen LogP contribution < -0.4 is 0 Å². The lowest BCUT2D eigenvalue weighted by atomic mass is 10.1. The lowest BCUT2D eigenvalue weighted by Crippen LogP contribution is -2.35. The topological polar surface area (TPSA) is 50.5 Å². The average molecular weight is 362 g/mol. The van der Waals surface area contributed by atoms with E-state index in [2.05, 4.69) is 4.98 Å². The molecule has 4 heterocycles. The van der Waals surface area contributed by atoms with Crippen LogP contribution in [-0.4, -0.2) is 38.3 Å². The minimum absolute atomic E-state index is 0.124. The van der Waals surface area contributed by atoms with Crippen molar-refractivity contribution < 1.29 is 4.79 Å². The van der Waals surface area contributed by atoms with Crippen molar-refractivity contribution in [2.75, 3.05) is 13.1 Å². The van der Waals surface area contributed by atoms with Crippen molar-refractivity contribution in [3.05, 3.63) is 53.7 Å². The maximum Gasteiger partial charge on any atom is 0.264 e. The Kier molecular flexibility index (Phi) is 3.71. The Morgan fingerprint density at radius 3 is 2.69 bits per heavy atom. The Labute approximate surface area is 154 Å². The number of carbonyl (C=O) groups excluding carboxylic acids is 1. The van der Waals surface area contributed by atoms with E-state index >= 15 is 0 Å². The maximum absolute atomic E-state index is 12.9. The maximum atomic E-state index is 12.9. The van der Waals surface area contributed by atoms with E-state index in [1.807, 2.05) is 51.9 Å². The van der Waals surface area contributed by atoms with Crippen LogP contribution >= 0.6 is 11.3 Å². The number of amides is 1. The molecule has 0 aliphatic carbocycles. The fourth-order valence-corrected chi connectivity index (χ4v) is 4.59. The smallest absolute Gasteiger partial charge is 0.264 e. The highest BCUT2D eigenvalue weighted by Crippen LogP contribution is 2.31. The summed E-state index contributed by atoms with van der Waals surface area (Å²) in [6.45, 7) is 1.71. The van der Waals surface area contributed by atoms with E-state index in [1.54, 1.807) is 6.20 Å². The molecular weight excluding hydrogens is 344 g/mol. The Bertz CT molecular complexity index is 1090. The molecule has 1 aliphatic rings. The number of hydrogen-bond acceptors (Lipinski definition) is 4. The lowest BCUT2D eigenvalue weighted by Gasteiger charge is -2.26. The van der Waals surface area contributed by atoms with Crippen molar-refractivity contribution >= 4 is 33.1 Å². The van der Waals surface area contributed by atoms with Crippen molar-refractivity contribution in [3.8, 4) is 11.4 Å². The van der Waals surface area contributed by atoms with Gasteiger partial charge in [0.25, 0.3) is 5.91 Å². The highest BCUT2D eigenvalue weighted by molar-refractivity contribution is 7.20. The minimum Gasteiger partial charge on any atom is -0.338 e. The van der Waals surface area contributed by atoms with Gasteiger partial charge in [-0.15, -0.1) is 11.3 Å². The quantitative estimate of drug-likeness (QED) is 0.536. The summed E-state index contributed by atoms with van der Waals surface area (Å²) in [5.74, 6) is 0.975. The molecule has 3 aromatic heterocycles. The molecule has 6 heteroatoms. The van der Waals surface area contributed by atoms with Gasteiger partial charge in [0.1, 0.15) is 16.3 Å². The zero-order valence-electron chi connectivity index (χ0n) is 14.3. The SMILES string of the molecule is O=C(c1cc2c(nc(-c3ccccc3)n3ccnc23)s1)N1CCCCC1. The molecule has 1 fully saturated rings. The van der Waals surface area contributed by atoms with E-state index < -0.39 is 0 Å². The number of likely N-dealkylation sites (tertiary alicyclic amines) is 1. The Morgan fingerprint density at radius 2 is 1.88 bits per heavy atom. The van der Waals surface area contributed by atoms with Crippen LogP contribution in [0.5, 0.6) is 0 Å². The van der Waals surface area contributed by atoms with E-state index in [4.69, 9.17) is 4.98 Å². The van der Waals surface area contributed by atoms with Gasteiger partial charge in [-0.25, -0.2) is 9.97 Å². The largest absolute Gasteiger partial charge is 0.338 e. The number of fused-ring (bicyclic) bond motifs is 3. The molecule has 26 heavy (non-hydrogen) atoms. The molecule has 0 spiro atoms. The van der Waals surface area contributed by atoms with Crippen molar-refractivity contribution in [1.29, 1.82) is 0 Å². The Hall–Kier alpha value is -2.73. The monoisotopic (exact) mass is 362 g/mol. The van der Waals surface area contributed by atoms with Crippen molar-refractivity contribution in [3.63, 3.8) is 0 Å². The first-order valence-electron chi connectivity index (χ1n) is 8.92. The molecular formula is C20H18N4OS. The summed E-state index contributed by atoms with van der Waals surface area (Å²) in [6.07, 6.45) is 7.11. The summed E-state index contributed by atoms with van der Waals surface area (Å²) in [5.41, 5.74) is 1.89. The van der Waals surface area contributed by atoms with Crippen LogP contribution in [0.3, 0.4) is 0 Å². The molecule has 130 valence electrons. The molecule has 1 amide bonds. The number of carbonyl (C=O) groups is 1. The first-order valence-corrected chi connectivity index (χ1v) is 9.74. The second-order valence-corrected chi connectivity index (χ2v) is 7.64. The first-order chi connectivity index (χ1) is 12.8. The van der Waals surface area contributed by atoms with Gasteiger partial charge in [0.15, 0.2) is 0 Å². The molecule has 5 nitrogen and oxygen atoms in total. The van der Waals surface area contributed by atoms with Crippen LogP contribution in [0, 0.1) is 0 Å². The van der Waals surface area contributed by atoms with Gasteiger partial charge in [-0.05, 0) is 25.3 Å². The highest BCUT2D eigenvalue weighted by Gasteiger charge is 2.22. The van der Waals surface area contributed by atoms with Crippen molar-refractivity contribution in [2.24, 2.45) is 0 Å². The molecule has 1 aliphatic heterocycles. The third-order valence-corrected chi connectivity index (χ3v) is 5.93. The van der Waals surface area contributed by atoms with Gasteiger partial charge in [-0.2, -0.15) is 0 Å². The molecule has 1 saturated heterocycles. The van der Waals surface area contributed by atoms with Crippen molar-refractivity contribution in [1.82, 2.24) is 19.3 Å². The summed E-state index contributed by atoms with van der Waals surface area (Å²) in [4.78, 5) is 25.9. The number of nitrogens with zero attached hydrogens (tertiary/aromatic N) is 4. The van der Waals surface area contributed by atoms with Crippen LogP contribution in [0.15, 0.2) is 48.8 Å². The fraction of sp³-hybridized carbons (Fsp3) is 0.250. The van der Waals surface area contributed by atoms with Gasteiger partial charge >= 0.3 is 0 Å². The second kappa shape index (κ2) is 6.21. The van der Waals surface area contributed by atoms with Crippen molar-refractivity contribution in [2.45, 2.75) is 19.3 Å². The van der Waals surface area contributed by atoms with Gasteiger partial charge in [0.05, 0.1) is 10.3 Å². The summed E-state index contributed by atoms with van der Waals surface area (Å²) < 4.78 is 2.00. The van der Waals surface area contributed by atoms with Gasteiger partial charge < -0.3 is 4.90 Å². The second-order valence-electron chi connectivity index (χ2n) is 6.60. The molecule has 1 aromatic carbocycles. The van der Waals surface area contributed by atoms with Crippen LogP contribution in [-0.2, 0) is 0 Å².